The predicted octanol–water partition coefficient (Wildman–Crippen LogP) is 1.48. The van der Waals surface area contributed by atoms with Gasteiger partial charge in [0.05, 0.1) is 5.69 Å². The number of nitrogens with zero attached hydrogens (tertiary/aromatic N) is 2. The molecule has 1 aliphatic carbocycles. The highest BCUT2D eigenvalue weighted by Gasteiger charge is 2.54. The third-order valence-corrected chi connectivity index (χ3v) is 5.28. The minimum absolute atomic E-state index is 0.0941. The molecule has 1 saturated carbocycles. The monoisotopic (exact) mass is 387 g/mol. The SMILES string of the molecule is CC(C(=O)NCCNc1cccc(F)c1C#N)N1C(=O)NC2(CCCC2)C1=O. The van der Waals surface area contributed by atoms with Gasteiger partial charge in [0.25, 0.3) is 5.91 Å². The first-order valence-electron chi connectivity index (χ1n) is 9.25. The van der Waals surface area contributed by atoms with E-state index in [9.17, 15) is 18.8 Å². The van der Waals surface area contributed by atoms with Crippen LogP contribution in [-0.4, -0.2) is 47.4 Å². The van der Waals surface area contributed by atoms with Gasteiger partial charge >= 0.3 is 6.03 Å². The molecule has 9 heteroatoms. The summed E-state index contributed by atoms with van der Waals surface area (Å²) in [6.45, 7) is 1.94. The van der Waals surface area contributed by atoms with Crippen molar-refractivity contribution in [3.05, 3.63) is 29.6 Å². The van der Waals surface area contributed by atoms with Crippen LogP contribution in [0.3, 0.4) is 0 Å². The largest absolute Gasteiger partial charge is 0.382 e. The highest BCUT2D eigenvalue weighted by Crippen LogP contribution is 2.35. The quantitative estimate of drug-likeness (QED) is 0.505. The van der Waals surface area contributed by atoms with Crippen molar-refractivity contribution in [2.45, 2.75) is 44.2 Å². The molecular formula is C19H22FN5O3. The van der Waals surface area contributed by atoms with Crippen LogP contribution in [0.25, 0.3) is 0 Å². The maximum absolute atomic E-state index is 13.6. The number of hydrogen-bond donors (Lipinski definition) is 3. The van der Waals surface area contributed by atoms with Crippen LogP contribution in [0, 0.1) is 17.1 Å². The topological polar surface area (TPSA) is 114 Å². The highest BCUT2D eigenvalue weighted by atomic mass is 19.1. The zero-order valence-electron chi connectivity index (χ0n) is 15.5. The van der Waals surface area contributed by atoms with E-state index in [1.807, 2.05) is 0 Å². The number of nitrogens with one attached hydrogen (secondary N) is 3. The number of halogens is 1. The van der Waals surface area contributed by atoms with E-state index in [-0.39, 0.29) is 24.6 Å². The fourth-order valence-corrected chi connectivity index (χ4v) is 3.74. The second-order valence-corrected chi connectivity index (χ2v) is 7.06. The van der Waals surface area contributed by atoms with E-state index in [0.29, 0.717) is 18.5 Å². The molecule has 1 aromatic carbocycles. The molecule has 3 rings (SSSR count). The first kappa shape index (κ1) is 19.6. The van der Waals surface area contributed by atoms with E-state index in [4.69, 9.17) is 5.26 Å². The van der Waals surface area contributed by atoms with E-state index in [0.717, 1.165) is 17.7 Å². The first-order chi connectivity index (χ1) is 13.4. The maximum atomic E-state index is 13.6. The van der Waals surface area contributed by atoms with Crippen molar-refractivity contribution in [1.82, 2.24) is 15.5 Å². The van der Waals surface area contributed by atoms with E-state index in [2.05, 4.69) is 16.0 Å². The molecule has 3 N–H and O–H groups in total. The normalized spacial score (nSPS) is 18.7. The Morgan fingerprint density at radius 1 is 1.36 bits per heavy atom. The number of anilines is 1. The molecule has 28 heavy (non-hydrogen) atoms. The van der Waals surface area contributed by atoms with Crippen LogP contribution in [0.5, 0.6) is 0 Å². The third kappa shape index (κ3) is 3.50. The Morgan fingerprint density at radius 3 is 2.75 bits per heavy atom. The van der Waals surface area contributed by atoms with Gasteiger partial charge in [-0.25, -0.2) is 14.1 Å². The summed E-state index contributed by atoms with van der Waals surface area (Å²) in [5, 5.41) is 17.3. The van der Waals surface area contributed by atoms with Gasteiger partial charge in [0.15, 0.2) is 0 Å². The van der Waals surface area contributed by atoms with Crippen LogP contribution in [-0.2, 0) is 9.59 Å². The molecule has 0 radical (unpaired) electrons. The molecular weight excluding hydrogens is 365 g/mol. The number of urea groups is 1. The van der Waals surface area contributed by atoms with Gasteiger partial charge < -0.3 is 16.0 Å². The summed E-state index contributed by atoms with van der Waals surface area (Å²) in [5.41, 5.74) is -0.608. The number of imide groups is 1. The average Bonchev–Trinajstić information content (AvgIpc) is 3.23. The minimum atomic E-state index is -0.934. The van der Waals surface area contributed by atoms with Crippen molar-refractivity contribution in [2.24, 2.45) is 0 Å². The Kier molecular flexibility index (Phi) is 5.49. The van der Waals surface area contributed by atoms with Crippen LogP contribution >= 0.6 is 0 Å². The number of carbonyl (C=O) groups excluding carboxylic acids is 3. The molecule has 1 saturated heterocycles. The minimum Gasteiger partial charge on any atom is -0.382 e. The molecule has 0 bridgehead atoms. The van der Waals surface area contributed by atoms with Crippen molar-refractivity contribution in [3.8, 4) is 6.07 Å². The Balaban J connectivity index is 1.53. The zero-order chi connectivity index (χ0) is 20.3. The fourth-order valence-electron chi connectivity index (χ4n) is 3.74. The van der Waals surface area contributed by atoms with E-state index < -0.39 is 29.3 Å². The average molecular weight is 387 g/mol. The molecule has 1 atom stereocenters. The van der Waals surface area contributed by atoms with Crippen LogP contribution in [0.2, 0.25) is 0 Å². The van der Waals surface area contributed by atoms with Gasteiger partial charge in [0, 0.05) is 13.1 Å². The van der Waals surface area contributed by atoms with Crippen molar-refractivity contribution < 1.29 is 18.8 Å². The molecule has 148 valence electrons. The van der Waals surface area contributed by atoms with Crippen LogP contribution in [0.4, 0.5) is 14.9 Å². The van der Waals surface area contributed by atoms with Crippen LogP contribution in [0.15, 0.2) is 18.2 Å². The summed E-state index contributed by atoms with van der Waals surface area (Å²) < 4.78 is 13.6. The second-order valence-electron chi connectivity index (χ2n) is 7.06. The molecule has 1 aliphatic heterocycles. The van der Waals surface area contributed by atoms with E-state index in [1.54, 1.807) is 12.1 Å². The van der Waals surface area contributed by atoms with Crippen molar-refractivity contribution in [1.29, 1.82) is 5.26 Å². The number of rotatable bonds is 6. The second kappa shape index (κ2) is 7.84. The Hall–Kier alpha value is -3.15. The lowest BCUT2D eigenvalue weighted by atomic mass is 9.97. The fraction of sp³-hybridized carbons (Fsp3) is 0.474. The van der Waals surface area contributed by atoms with Crippen molar-refractivity contribution in [3.63, 3.8) is 0 Å². The molecule has 4 amide bonds. The van der Waals surface area contributed by atoms with Crippen molar-refractivity contribution in [2.75, 3.05) is 18.4 Å². The number of carbonyl (C=O) groups is 3. The van der Waals surface area contributed by atoms with Gasteiger partial charge in [-0.3, -0.25) is 9.59 Å². The Labute approximate surface area is 162 Å². The first-order valence-corrected chi connectivity index (χ1v) is 9.25. The maximum Gasteiger partial charge on any atom is 0.325 e. The molecule has 1 aromatic rings. The molecule has 8 nitrogen and oxygen atoms in total. The lowest BCUT2D eigenvalue weighted by Gasteiger charge is -2.23. The van der Waals surface area contributed by atoms with Gasteiger partial charge in [0.2, 0.25) is 5.91 Å². The number of amides is 4. The van der Waals surface area contributed by atoms with Gasteiger partial charge in [-0.15, -0.1) is 0 Å². The van der Waals surface area contributed by atoms with Crippen LogP contribution in [0.1, 0.15) is 38.2 Å². The lowest BCUT2D eigenvalue weighted by molar-refractivity contribution is -0.137. The summed E-state index contributed by atoms with van der Waals surface area (Å²) in [6, 6.07) is 4.57. The summed E-state index contributed by atoms with van der Waals surface area (Å²) in [6.07, 6.45) is 2.94. The Morgan fingerprint density at radius 2 is 2.07 bits per heavy atom. The summed E-state index contributed by atoms with van der Waals surface area (Å²) >= 11 is 0. The van der Waals surface area contributed by atoms with Gasteiger partial charge in [0.1, 0.15) is 29.0 Å². The standard InChI is InChI=1S/C19H22FN5O3/c1-12(25-17(27)19(24-18(25)28)7-2-3-8-19)16(26)23-10-9-22-15-6-4-5-14(20)13(15)11-21/h4-6,12,22H,2-3,7-10H2,1H3,(H,23,26)(H,24,28). The smallest absolute Gasteiger partial charge is 0.325 e. The Bertz CT molecular complexity index is 844. The molecule has 1 unspecified atom stereocenters. The lowest BCUT2D eigenvalue weighted by Crippen LogP contribution is -2.50. The summed E-state index contributed by atoms with van der Waals surface area (Å²) in [4.78, 5) is 38.3. The van der Waals surface area contributed by atoms with Gasteiger partial charge in [-0.2, -0.15) is 5.26 Å². The van der Waals surface area contributed by atoms with Crippen LogP contribution < -0.4 is 16.0 Å². The van der Waals surface area contributed by atoms with Gasteiger partial charge in [-0.1, -0.05) is 18.9 Å². The summed E-state index contributed by atoms with van der Waals surface area (Å²) in [7, 11) is 0. The molecule has 0 aromatic heterocycles. The summed E-state index contributed by atoms with van der Waals surface area (Å²) in [5.74, 6) is -1.42. The van der Waals surface area contributed by atoms with Crippen molar-refractivity contribution >= 4 is 23.5 Å². The predicted molar refractivity (Wildman–Crippen MR) is 98.7 cm³/mol. The zero-order valence-corrected chi connectivity index (χ0v) is 15.5. The van der Waals surface area contributed by atoms with Gasteiger partial charge in [-0.05, 0) is 31.9 Å². The molecule has 1 spiro atoms. The highest BCUT2D eigenvalue weighted by molar-refractivity contribution is 6.09. The van der Waals surface area contributed by atoms with E-state index >= 15 is 0 Å². The third-order valence-electron chi connectivity index (χ3n) is 5.28. The number of hydrogen-bond acceptors (Lipinski definition) is 5. The molecule has 2 aliphatic rings. The number of benzene rings is 1. The molecule has 2 fully saturated rings. The van der Waals surface area contributed by atoms with E-state index in [1.165, 1.54) is 19.1 Å². The molecule has 1 heterocycles. The number of nitriles is 1.